The van der Waals surface area contributed by atoms with E-state index in [2.05, 4.69) is 5.32 Å². The van der Waals surface area contributed by atoms with Crippen LogP contribution in [-0.2, 0) is 22.7 Å². The molecule has 4 rings (SSSR count). The van der Waals surface area contributed by atoms with Crippen molar-refractivity contribution >= 4 is 23.9 Å². The van der Waals surface area contributed by atoms with Crippen molar-refractivity contribution in [3.8, 4) is 5.75 Å². The van der Waals surface area contributed by atoms with Gasteiger partial charge in [-0.15, -0.1) is 0 Å². The fourth-order valence-electron chi connectivity index (χ4n) is 3.21. The summed E-state index contributed by atoms with van der Waals surface area (Å²) in [5.41, 5.74) is 1.64. The third-order valence-electron chi connectivity index (χ3n) is 4.91. The van der Waals surface area contributed by atoms with E-state index >= 15 is 0 Å². The van der Waals surface area contributed by atoms with Gasteiger partial charge in [-0.25, -0.2) is 9.18 Å². The molecule has 3 aromatic rings. The van der Waals surface area contributed by atoms with Crippen molar-refractivity contribution in [2.75, 3.05) is 0 Å². The van der Waals surface area contributed by atoms with Gasteiger partial charge in [0.15, 0.2) is 0 Å². The average molecular weight is 430 g/mol. The van der Waals surface area contributed by atoms with E-state index < -0.39 is 17.8 Å². The molecule has 1 heterocycles. The lowest BCUT2D eigenvalue weighted by Crippen LogP contribution is -2.53. The van der Waals surface area contributed by atoms with Gasteiger partial charge >= 0.3 is 6.03 Å². The number of imide groups is 2. The molecule has 0 aliphatic carbocycles. The van der Waals surface area contributed by atoms with Gasteiger partial charge in [0.25, 0.3) is 11.8 Å². The molecule has 1 aliphatic heterocycles. The maximum Gasteiger partial charge on any atom is 0.331 e. The maximum atomic E-state index is 13.7. The molecule has 4 amide bonds. The van der Waals surface area contributed by atoms with E-state index in [-0.39, 0.29) is 24.5 Å². The minimum Gasteiger partial charge on any atom is -0.489 e. The highest BCUT2D eigenvalue weighted by molar-refractivity contribution is 6.30. The van der Waals surface area contributed by atoms with Crippen molar-refractivity contribution in [2.24, 2.45) is 0 Å². The van der Waals surface area contributed by atoms with E-state index in [9.17, 15) is 18.8 Å². The third kappa shape index (κ3) is 4.73. The Morgan fingerprint density at radius 2 is 1.56 bits per heavy atom. The second-order valence-corrected chi connectivity index (χ2v) is 7.14. The summed E-state index contributed by atoms with van der Waals surface area (Å²) >= 11 is 0. The normalized spacial score (nSPS) is 15.1. The van der Waals surface area contributed by atoms with Crippen LogP contribution >= 0.6 is 0 Å². The number of nitrogens with zero attached hydrogens (tertiary/aromatic N) is 1. The summed E-state index contributed by atoms with van der Waals surface area (Å²) in [5, 5.41) is 2.20. The average Bonchev–Trinajstić information content (AvgIpc) is 2.80. The number of carbonyl (C=O) groups is 3. The molecular weight excluding hydrogens is 411 g/mol. The van der Waals surface area contributed by atoms with Crippen molar-refractivity contribution < 1.29 is 23.5 Å². The van der Waals surface area contributed by atoms with Crippen LogP contribution in [0, 0.1) is 5.82 Å². The molecule has 0 aromatic heterocycles. The number of nitrogens with one attached hydrogen (secondary N) is 1. The highest BCUT2D eigenvalue weighted by Gasteiger charge is 2.35. The molecule has 3 aromatic carbocycles. The molecule has 6 nitrogen and oxygen atoms in total. The van der Waals surface area contributed by atoms with E-state index in [0.717, 1.165) is 10.5 Å². The van der Waals surface area contributed by atoms with Crippen LogP contribution in [0.25, 0.3) is 6.08 Å². The summed E-state index contributed by atoms with van der Waals surface area (Å²) in [7, 11) is 0. The minimum absolute atomic E-state index is 0.0545. The third-order valence-corrected chi connectivity index (χ3v) is 4.91. The van der Waals surface area contributed by atoms with Gasteiger partial charge in [-0.1, -0.05) is 60.7 Å². The van der Waals surface area contributed by atoms with Gasteiger partial charge < -0.3 is 4.74 Å². The predicted molar refractivity (Wildman–Crippen MR) is 116 cm³/mol. The number of hydrogen-bond acceptors (Lipinski definition) is 4. The predicted octanol–water partition coefficient (Wildman–Crippen LogP) is 4.07. The fourth-order valence-corrected chi connectivity index (χ4v) is 3.21. The van der Waals surface area contributed by atoms with Crippen molar-refractivity contribution in [2.45, 2.75) is 13.2 Å². The monoisotopic (exact) mass is 430 g/mol. The zero-order valence-electron chi connectivity index (χ0n) is 17.0. The lowest BCUT2D eigenvalue weighted by molar-refractivity contribution is -0.130. The lowest BCUT2D eigenvalue weighted by Gasteiger charge is -2.26. The molecule has 0 saturated carbocycles. The van der Waals surface area contributed by atoms with Crippen LogP contribution in [-0.4, -0.2) is 22.7 Å². The van der Waals surface area contributed by atoms with Crippen molar-refractivity contribution in [1.82, 2.24) is 10.2 Å². The molecule has 1 saturated heterocycles. The number of urea groups is 1. The van der Waals surface area contributed by atoms with Crippen molar-refractivity contribution in [3.63, 3.8) is 0 Å². The Morgan fingerprint density at radius 1 is 0.875 bits per heavy atom. The number of benzene rings is 3. The number of rotatable bonds is 6. The molecule has 0 atom stereocenters. The smallest absolute Gasteiger partial charge is 0.331 e. The maximum absolute atomic E-state index is 13.7. The number of ether oxygens (including phenoxy) is 1. The molecule has 0 bridgehead atoms. The molecule has 0 unspecified atom stereocenters. The van der Waals surface area contributed by atoms with Crippen LogP contribution in [0.4, 0.5) is 9.18 Å². The summed E-state index contributed by atoms with van der Waals surface area (Å²) in [5.74, 6) is -1.24. The first-order valence-corrected chi connectivity index (χ1v) is 9.90. The molecule has 7 heteroatoms. The first kappa shape index (κ1) is 21.0. The van der Waals surface area contributed by atoms with Crippen LogP contribution < -0.4 is 10.1 Å². The lowest BCUT2D eigenvalue weighted by atomic mass is 10.1. The van der Waals surface area contributed by atoms with Crippen LogP contribution in [0.1, 0.15) is 16.7 Å². The van der Waals surface area contributed by atoms with Gasteiger partial charge in [-0.3, -0.25) is 19.8 Å². The number of amides is 4. The Kier molecular flexibility index (Phi) is 6.07. The van der Waals surface area contributed by atoms with Crippen molar-refractivity contribution in [3.05, 3.63) is 107 Å². The van der Waals surface area contributed by atoms with E-state index in [0.29, 0.717) is 16.9 Å². The highest BCUT2D eigenvalue weighted by Crippen LogP contribution is 2.20. The Bertz CT molecular complexity index is 1190. The molecule has 1 N–H and O–H groups in total. The minimum atomic E-state index is -0.752. The number of hydrogen-bond donors (Lipinski definition) is 1. The van der Waals surface area contributed by atoms with Gasteiger partial charge in [0.2, 0.25) is 0 Å². The summed E-state index contributed by atoms with van der Waals surface area (Å²) in [6.45, 7) is 0.128. The van der Waals surface area contributed by atoms with Crippen LogP contribution in [0.15, 0.2) is 84.4 Å². The Balaban J connectivity index is 1.48. The highest BCUT2D eigenvalue weighted by atomic mass is 19.1. The zero-order valence-corrected chi connectivity index (χ0v) is 17.0. The van der Waals surface area contributed by atoms with Gasteiger partial charge in [0, 0.05) is 5.56 Å². The van der Waals surface area contributed by atoms with E-state index in [1.807, 2.05) is 6.07 Å². The molecular formula is C25H19FN2O4. The van der Waals surface area contributed by atoms with Gasteiger partial charge in [0.1, 0.15) is 23.7 Å². The molecule has 0 spiro atoms. The van der Waals surface area contributed by atoms with E-state index in [4.69, 9.17) is 4.74 Å². The zero-order chi connectivity index (χ0) is 22.5. The van der Waals surface area contributed by atoms with Crippen LogP contribution in [0.2, 0.25) is 0 Å². The number of barbiturate groups is 1. The van der Waals surface area contributed by atoms with Gasteiger partial charge in [-0.2, -0.15) is 0 Å². The summed E-state index contributed by atoms with van der Waals surface area (Å²) in [6, 6.07) is 21.3. The second-order valence-electron chi connectivity index (χ2n) is 7.14. The van der Waals surface area contributed by atoms with E-state index in [1.54, 1.807) is 66.7 Å². The van der Waals surface area contributed by atoms with Crippen molar-refractivity contribution in [1.29, 1.82) is 0 Å². The topological polar surface area (TPSA) is 75.7 Å². The molecule has 1 fully saturated rings. The van der Waals surface area contributed by atoms with Crippen LogP contribution in [0.3, 0.4) is 0 Å². The van der Waals surface area contributed by atoms with E-state index in [1.165, 1.54) is 12.1 Å². The summed E-state index contributed by atoms with van der Waals surface area (Å²) in [4.78, 5) is 38.3. The fraction of sp³-hybridized carbons (Fsp3) is 0.0800. The van der Waals surface area contributed by atoms with Crippen LogP contribution in [0.5, 0.6) is 5.75 Å². The SMILES string of the molecule is O=C1NC(=O)N(Cc2ccccc2)C(=O)C1=Cc1ccc(OCc2ccccc2F)cc1. The number of carbonyl (C=O) groups excluding carboxylic acids is 3. The second kappa shape index (κ2) is 9.26. The Morgan fingerprint density at radius 3 is 2.28 bits per heavy atom. The first-order valence-electron chi connectivity index (χ1n) is 9.90. The first-order chi connectivity index (χ1) is 15.5. The standard InChI is InChI=1S/C25H19FN2O4/c26-22-9-5-4-8-19(22)16-32-20-12-10-17(11-13-20)14-21-23(29)27-25(31)28(24(21)30)15-18-6-2-1-3-7-18/h1-14H,15-16H2,(H,27,29,31). The summed E-state index contributed by atoms with van der Waals surface area (Å²) < 4.78 is 19.3. The number of halogens is 1. The molecule has 160 valence electrons. The van der Waals surface area contributed by atoms with Gasteiger partial charge in [-0.05, 0) is 35.4 Å². The molecule has 1 aliphatic rings. The largest absolute Gasteiger partial charge is 0.489 e. The Labute approximate surface area is 183 Å². The molecule has 32 heavy (non-hydrogen) atoms. The Hall–Kier alpha value is -4.26. The quantitative estimate of drug-likeness (QED) is 0.473. The molecule has 0 radical (unpaired) electrons. The van der Waals surface area contributed by atoms with Gasteiger partial charge in [0.05, 0.1) is 6.54 Å². The summed E-state index contributed by atoms with van der Waals surface area (Å²) in [6.07, 6.45) is 1.42.